The Bertz CT molecular complexity index is 4100. The van der Waals surface area contributed by atoms with Crippen LogP contribution in [0.15, 0.2) is 98.2 Å². The first-order valence-corrected chi connectivity index (χ1v) is 27.3. The summed E-state index contributed by atoms with van der Waals surface area (Å²) in [6.07, 6.45) is 11.8. The lowest BCUT2D eigenvalue weighted by Gasteiger charge is -2.11. The monoisotopic (exact) mass is 1220 g/mol. The highest BCUT2D eigenvalue weighted by molar-refractivity contribution is 6.09. The third-order valence-corrected chi connectivity index (χ3v) is 13.9. The van der Waals surface area contributed by atoms with Crippen LogP contribution in [0.5, 0.6) is 0 Å². The standard InChI is InChI=1S/C57H66N20O12/c1-70-16-15-59-49(70)57(89)69-37-21-41(74(5)30-37)52(84)62-14-11-47(80)64-32-18-42(75(6)25-32)53(85)65-33-19-39(72(3)26-33)50(82)60-12-9-45(78)56(88)68-36-23-44(77(8)29-36)55(87)67-35-22-43(76(7)28-35)54(86)66-34-20-40(73(4)27-34)51(83)61-13-10-46(79)63-31-17-38(48(58)81)71(2)24-31/h15-30,45,78H,9-14H2,1-8H3,(H2,58,81)(H,60,82)(H,61,83)(H,62,84)(H,63,79)(H,64,80)(H,65,85)(H,66,86)(H,67,87)(H,68,88)(H,69,89). The Kier molecular flexibility index (Phi) is 19.3. The van der Waals surface area contributed by atoms with Gasteiger partial charge in [-0.15, -0.1) is 0 Å². The predicted octanol–water partition coefficient (Wildman–Crippen LogP) is 1.53. The lowest BCUT2D eigenvalue weighted by molar-refractivity contribution is -0.124. The van der Waals surface area contributed by atoms with Crippen molar-refractivity contribution in [2.45, 2.75) is 25.4 Å². The van der Waals surface area contributed by atoms with E-state index < -0.39 is 71.1 Å². The van der Waals surface area contributed by atoms with Gasteiger partial charge in [-0.3, -0.25) is 52.7 Å². The van der Waals surface area contributed by atoms with Gasteiger partial charge in [0.2, 0.25) is 11.8 Å². The number of nitrogens with two attached hydrogens (primary N) is 1. The molecular weight excluding hydrogens is 1160 g/mol. The number of imidazole rings is 1. The van der Waals surface area contributed by atoms with E-state index >= 15 is 0 Å². The Labute approximate surface area is 506 Å². The van der Waals surface area contributed by atoms with Crippen LogP contribution in [0.3, 0.4) is 0 Å². The molecule has 8 aromatic rings. The molecule has 0 aliphatic carbocycles. The van der Waals surface area contributed by atoms with Crippen LogP contribution in [0, 0.1) is 0 Å². The molecule has 1 atom stereocenters. The van der Waals surface area contributed by atoms with Crippen LogP contribution in [0.2, 0.25) is 0 Å². The van der Waals surface area contributed by atoms with Crippen LogP contribution in [0.4, 0.5) is 39.8 Å². The number of carbonyl (C=O) groups excluding carboxylic acids is 11. The first-order valence-electron chi connectivity index (χ1n) is 27.3. The fourth-order valence-corrected chi connectivity index (χ4v) is 9.36. The third-order valence-electron chi connectivity index (χ3n) is 13.9. The maximum absolute atomic E-state index is 13.4. The Morgan fingerprint density at radius 2 is 0.685 bits per heavy atom. The molecule has 0 aliphatic rings. The molecule has 13 N–H and O–H groups in total. The highest BCUT2D eigenvalue weighted by atomic mass is 16.3. The van der Waals surface area contributed by atoms with Gasteiger partial charge in [-0.2, -0.15) is 0 Å². The number of primary amides is 1. The van der Waals surface area contributed by atoms with E-state index in [0.29, 0.717) is 22.7 Å². The van der Waals surface area contributed by atoms with Gasteiger partial charge in [0.15, 0.2) is 5.82 Å². The number of hydrogen-bond donors (Lipinski definition) is 12. The zero-order valence-electron chi connectivity index (χ0n) is 49.6. The number of aromatic nitrogens is 9. The Morgan fingerprint density at radius 3 is 1.01 bits per heavy atom. The van der Waals surface area contributed by atoms with Crippen molar-refractivity contribution in [3.8, 4) is 0 Å². The van der Waals surface area contributed by atoms with Crippen molar-refractivity contribution in [3.63, 3.8) is 0 Å². The van der Waals surface area contributed by atoms with E-state index in [-0.39, 0.29) is 102 Å². The summed E-state index contributed by atoms with van der Waals surface area (Å²) >= 11 is 0. The molecule has 8 rings (SSSR count). The van der Waals surface area contributed by atoms with Gasteiger partial charge in [0.05, 0.1) is 39.8 Å². The van der Waals surface area contributed by atoms with E-state index in [0.717, 1.165) is 0 Å². The number of rotatable bonds is 25. The summed E-state index contributed by atoms with van der Waals surface area (Å²) in [5, 5.41) is 37.5. The molecule has 32 nitrogen and oxygen atoms in total. The van der Waals surface area contributed by atoms with Crippen LogP contribution in [0.1, 0.15) is 103 Å². The number of nitrogens with zero attached hydrogens (tertiary/aromatic N) is 9. The fraction of sp³-hybridized carbons (Fsp3) is 0.263. The normalized spacial score (nSPS) is 11.3. The van der Waals surface area contributed by atoms with Crippen molar-refractivity contribution in [1.29, 1.82) is 0 Å². The number of anilines is 7. The van der Waals surface area contributed by atoms with E-state index in [9.17, 15) is 57.8 Å². The van der Waals surface area contributed by atoms with Gasteiger partial charge in [0, 0.05) is 145 Å². The Hall–Kier alpha value is -11.7. The molecule has 466 valence electrons. The summed E-state index contributed by atoms with van der Waals surface area (Å²) in [5.41, 5.74) is 8.65. The van der Waals surface area contributed by atoms with E-state index in [2.05, 4.69) is 58.2 Å². The maximum atomic E-state index is 13.4. The van der Waals surface area contributed by atoms with Crippen LogP contribution < -0.4 is 58.9 Å². The van der Waals surface area contributed by atoms with Crippen LogP contribution >= 0.6 is 0 Å². The van der Waals surface area contributed by atoms with Gasteiger partial charge < -0.3 is 101 Å². The minimum Gasteiger partial charge on any atom is -0.383 e. The molecule has 89 heavy (non-hydrogen) atoms. The molecule has 8 aromatic heterocycles. The summed E-state index contributed by atoms with van der Waals surface area (Å²) in [6, 6.07) is 10.1. The van der Waals surface area contributed by atoms with E-state index in [1.54, 1.807) is 73.3 Å². The molecule has 0 bridgehead atoms. The number of hydrogen-bond acceptors (Lipinski definition) is 13. The number of aliphatic hydroxyl groups excluding tert-OH is 1. The molecule has 0 aromatic carbocycles. The zero-order valence-corrected chi connectivity index (χ0v) is 49.6. The molecule has 0 saturated carbocycles. The topological polar surface area (TPSA) is 407 Å². The second-order valence-corrected chi connectivity index (χ2v) is 20.8. The highest BCUT2D eigenvalue weighted by Gasteiger charge is 2.24. The third kappa shape index (κ3) is 15.6. The maximum Gasteiger partial charge on any atom is 0.291 e. The number of amides is 11. The van der Waals surface area contributed by atoms with Crippen LogP contribution in [-0.4, -0.2) is 137 Å². The van der Waals surface area contributed by atoms with Crippen molar-refractivity contribution >= 4 is 105 Å². The average Bonchev–Trinajstić information content (AvgIpc) is 2.48. The minimum absolute atomic E-state index is 0.00936. The van der Waals surface area contributed by atoms with E-state index in [4.69, 9.17) is 5.73 Å². The Morgan fingerprint density at radius 1 is 0.393 bits per heavy atom. The largest absolute Gasteiger partial charge is 0.383 e. The van der Waals surface area contributed by atoms with Gasteiger partial charge in [0.25, 0.3) is 53.2 Å². The van der Waals surface area contributed by atoms with Crippen molar-refractivity contribution in [2.75, 3.05) is 56.9 Å². The quantitative estimate of drug-likeness (QED) is 0.0387. The molecule has 0 radical (unpaired) electrons. The summed E-state index contributed by atoms with van der Waals surface area (Å²) in [6.45, 7) is -0.149. The first-order chi connectivity index (χ1) is 42.2. The molecular formula is C57H66N20O12. The molecule has 32 heteroatoms. The van der Waals surface area contributed by atoms with Crippen LogP contribution in [0.25, 0.3) is 0 Å². The van der Waals surface area contributed by atoms with Crippen LogP contribution in [-0.2, 0) is 70.8 Å². The van der Waals surface area contributed by atoms with Gasteiger partial charge in [-0.05, 0) is 48.9 Å². The number of aliphatic hydroxyl groups is 1. The predicted molar refractivity (Wildman–Crippen MR) is 324 cm³/mol. The Balaban J connectivity index is 0.735. The molecule has 0 saturated heterocycles. The van der Waals surface area contributed by atoms with Crippen molar-refractivity contribution < 1.29 is 57.8 Å². The molecule has 11 amide bonds. The van der Waals surface area contributed by atoms with Crippen molar-refractivity contribution in [1.82, 2.24) is 57.5 Å². The first kappa shape index (κ1) is 63.3. The lowest BCUT2D eigenvalue weighted by Crippen LogP contribution is -2.33. The summed E-state index contributed by atoms with van der Waals surface area (Å²) < 4.78 is 12.0. The highest BCUT2D eigenvalue weighted by Crippen LogP contribution is 2.22. The number of carbonyl (C=O) groups is 11. The molecule has 8 heterocycles. The average molecular weight is 1220 g/mol. The minimum atomic E-state index is -1.58. The fourth-order valence-electron chi connectivity index (χ4n) is 9.36. The summed E-state index contributed by atoms with van der Waals surface area (Å²) in [4.78, 5) is 146. The molecule has 1 unspecified atom stereocenters. The lowest BCUT2D eigenvalue weighted by atomic mass is 10.2. The van der Waals surface area contributed by atoms with Gasteiger partial charge in [0.1, 0.15) is 46.0 Å². The molecule has 0 fully saturated rings. The second kappa shape index (κ2) is 27.1. The number of nitrogens with one attached hydrogen (secondary N) is 10. The summed E-state index contributed by atoms with van der Waals surface area (Å²) in [7, 11) is 12.9. The van der Waals surface area contributed by atoms with E-state index in [1.165, 1.54) is 118 Å². The van der Waals surface area contributed by atoms with Gasteiger partial charge in [-0.25, -0.2) is 4.98 Å². The van der Waals surface area contributed by atoms with E-state index in [1.807, 2.05) is 0 Å². The smallest absolute Gasteiger partial charge is 0.291 e. The van der Waals surface area contributed by atoms with Gasteiger partial charge in [-0.1, -0.05) is 0 Å². The SMILES string of the molecule is Cn1cc(NC(=O)CCNC(=O)c2cc(NC(=O)c3cc(NC(=O)c4cc(NC(=O)C(O)CCNC(=O)c5cc(NC(=O)c6cc(NC(=O)CCNC(=O)c7cc(NC(=O)c8nccn8C)cn7C)cn6C)cn5C)cn4C)cn3C)cn2C)cc1C(N)=O. The van der Waals surface area contributed by atoms with Crippen molar-refractivity contribution in [3.05, 3.63) is 144 Å². The number of aryl methyl sites for hydroxylation is 8. The molecule has 0 aliphatic heterocycles. The summed E-state index contributed by atoms with van der Waals surface area (Å²) in [5.74, 6) is -5.80. The molecule has 0 spiro atoms. The second-order valence-electron chi connectivity index (χ2n) is 20.8. The van der Waals surface area contributed by atoms with Gasteiger partial charge >= 0.3 is 0 Å². The van der Waals surface area contributed by atoms with Crippen molar-refractivity contribution in [2.24, 2.45) is 62.1 Å². The zero-order chi connectivity index (χ0) is 64.5.